The average molecular weight is 431 g/mol. The predicted molar refractivity (Wildman–Crippen MR) is 112 cm³/mol. The molecule has 1 N–H and O–H groups in total. The lowest BCUT2D eigenvalue weighted by Crippen LogP contribution is -2.45. The normalized spacial score (nSPS) is 19.4. The summed E-state index contributed by atoms with van der Waals surface area (Å²) in [5, 5.41) is 8.84. The third-order valence-corrected chi connectivity index (χ3v) is 7.54. The minimum Gasteiger partial charge on any atom is -0.486 e. The van der Waals surface area contributed by atoms with Crippen molar-refractivity contribution in [1.82, 2.24) is 14.9 Å². The molecule has 9 heteroatoms. The van der Waals surface area contributed by atoms with Crippen molar-refractivity contribution in [2.24, 2.45) is 0 Å². The SMILES string of the molecule is O=S(=O)(NC1CCN(c2cc3c(nn2)CCCC3)CC1)c1ccc2c(c1)OCCO2. The van der Waals surface area contributed by atoms with Crippen molar-refractivity contribution < 1.29 is 17.9 Å². The number of ether oxygens (including phenoxy) is 2. The van der Waals surface area contributed by atoms with Crippen LogP contribution in [0.2, 0.25) is 0 Å². The number of hydrogen-bond donors (Lipinski definition) is 1. The van der Waals surface area contributed by atoms with E-state index in [4.69, 9.17) is 9.47 Å². The van der Waals surface area contributed by atoms with Gasteiger partial charge in [0, 0.05) is 25.2 Å². The molecule has 8 nitrogen and oxygen atoms in total. The van der Waals surface area contributed by atoms with Crippen molar-refractivity contribution in [3.63, 3.8) is 0 Å². The van der Waals surface area contributed by atoms with Gasteiger partial charge in [-0.3, -0.25) is 0 Å². The molecule has 1 aromatic carbocycles. The molecular weight excluding hydrogens is 404 g/mol. The molecule has 1 saturated heterocycles. The number of piperidine rings is 1. The van der Waals surface area contributed by atoms with Crippen LogP contribution in [0.3, 0.4) is 0 Å². The van der Waals surface area contributed by atoms with Crippen molar-refractivity contribution in [2.45, 2.75) is 49.5 Å². The van der Waals surface area contributed by atoms with Gasteiger partial charge in [-0.2, -0.15) is 5.10 Å². The first-order valence-electron chi connectivity index (χ1n) is 10.6. The van der Waals surface area contributed by atoms with E-state index in [0.29, 0.717) is 24.7 Å². The monoisotopic (exact) mass is 430 g/mol. The molecule has 2 aromatic rings. The number of anilines is 1. The third kappa shape index (κ3) is 3.96. The largest absolute Gasteiger partial charge is 0.486 e. The van der Waals surface area contributed by atoms with Gasteiger partial charge in [-0.05, 0) is 62.3 Å². The molecule has 1 fully saturated rings. The number of rotatable bonds is 4. The molecule has 0 radical (unpaired) electrons. The van der Waals surface area contributed by atoms with E-state index >= 15 is 0 Å². The summed E-state index contributed by atoms with van der Waals surface area (Å²) < 4.78 is 39.6. The fourth-order valence-electron chi connectivity index (χ4n) is 4.34. The molecule has 30 heavy (non-hydrogen) atoms. The smallest absolute Gasteiger partial charge is 0.240 e. The number of fused-ring (bicyclic) bond motifs is 2. The fraction of sp³-hybridized carbons (Fsp3) is 0.524. The van der Waals surface area contributed by atoms with Crippen LogP contribution >= 0.6 is 0 Å². The average Bonchev–Trinajstić information content (AvgIpc) is 2.79. The lowest BCUT2D eigenvalue weighted by atomic mass is 9.96. The van der Waals surface area contributed by atoms with Crippen LogP contribution in [0, 0.1) is 0 Å². The second kappa shape index (κ2) is 8.03. The van der Waals surface area contributed by atoms with Gasteiger partial charge in [0.15, 0.2) is 17.3 Å². The first-order chi connectivity index (χ1) is 14.6. The van der Waals surface area contributed by atoms with Crippen LogP contribution in [0.4, 0.5) is 5.82 Å². The van der Waals surface area contributed by atoms with E-state index in [1.165, 1.54) is 24.5 Å². The molecular formula is C21H26N4O4S. The second-order valence-corrected chi connectivity index (χ2v) is 9.78. The summed E-state index contributed by atoms with van der Waals surface area (Å²) in [4.78, 5) is 2.41. The summed E-state index contributed by atoms with van der Waals surface area (Å²) in [7, 11) is -3.62. The molecule has 0 amide bonds. The minimum absolute atomic E-state index is 0.106. The van der Waals surface area contributed by atoms with Gasteiger partial charge in [-0.1, -0.05) is 0 Å². The van der Waals surface area contributed by atoms with Gasteiger partial charge in [0.1, 0.15) is 13.2 Å². The van der Waals surface area contributed by atoms with Gasteiger partial charge >= 0.3 is 0 Å². The summed E-state index contributed by atoms with van der Waals surface area (Å²) >= 11 is 0. The number of nitrogens with one attached hydrogen (secondary N) is 1. The number of benzene rings is 1. The van der Waals surface area contributed by atoms with Crippen molar-refractivity contribution in [3.05, 3.63) is 35.5 Å². The molecule has 1 aliphatic carbocycles. The Morgan fingerprint density at radius 2 is 1.73 bits per heavy atom. The van der Waals surface area contributed by atoms with E-state index in [1.807, 2.05) is 0 Å². The Morgan fingerprint density at radius 3 is 2.57 bits per heavy atom. The van der Waals surface area contributed by atoms with Crippen LogP contribution in [0.25, 0.3) is 0 Å². The van der Waals surface area contributed by atoms with Crippen LogP contribution < -0.4 is 19.1 Å². The van der Waals surface area contributed by atoms with Crippen molar-refractivity contribution in [2.75, 3.05) is 31.2 Å². The summed E-state index contributed by atoms with van der Waals surface area (Å²) in [6.07, 6.45) is 5.94. The Hall–Kier alpha value is -2.39. The highest BCUT2D eigenvalue weighted by atomic mass is 32.2. The van der Waals surface area contributed by atoms with E-state index in [0.717, 1.165) is 50.3 Å². The van der Waals surface area contributed by atoms with Crippen LogP contribution in [-0.2, 0) is 22.9 Å². The molecule has 0 atom stereocenters. The first kappa shape index (κ1) is 19.6. The van der Waals surface area contributed by atoms with Crippen LogP contribution in [0.1, 0.15) is 36.9 Å². The van der Waals surface area contributed by atoms with E-state index in [1.54, 1.807) is 12.1 Å². The lowest BCUT2D eigenvalue weighted by Gasteiger charge is -2.33. The van der Waals surface area contributed by atoms with E-state index in [-0.39, 0.29) is 10.9 Å². The van der Waals surface area contributed by atoms with Crippen LogP contribution in [-0.4, -0.2) is 51.0 Å². The molecule has 5 rings (SSSR count). The van der Waals surface area contributed by atoms with Gasteiger partial charge in [0.05, 0.1) is 10.6 Å². The standard InChI is InChI=1S/C21H26N4O4S/c26-30(27,17-5-6-19-20(14-17)29-12-11-28-19)24-16-7-9-25(10-8-16)21-13-15-3-1-2-4-18(15)22-23-21/h5-6,13-14,16,24H,1-4,7-12H2. The van der Waals surface area contributed by atoms with Gasteiger partial charge in [0.25, 0.3) is 0 Å². The molecule has 1 aromatic heterocycles. The fourth-order valence-corrected chi connectivity index (χ4v) is 5.66. The van der Waals surface area contributed by atoms with E-state index in [2.05, 4.69) is 25.9 Å². The van der Waals surface area contributed by atoms with Crippen molar-refractivity contribution in [3.8, 4) is 11.5 Å². The molecule has 0 spiro atoms. The van der Waals surface area contributed by atoms with Crippen LogP contribution in [0.15, 0.2) is 29.2 Å². The highest BCUT2D eigenvalue weighted by molar-refractivity contribution is 7.89. The third-order valence-electron chi connectivity index (χ3n) is 6.02. The number of hydrogen-bond acceptors (Lipinski definition) is 7. The van der Waals surface area contributed by atoms with Gasteiger partial charge in [-0.25, -0.2) is 13.1 Å². The molecule has 0 bridgehead atoms. The van der Waals surface area contributed by atoms with Crippen molar-refractivity contribution in [1.29, 1.82) is 0 Å². The summed E-state index contributed by atoms with van der Waals surface area (Å²) in [6.45, 7) is 2.40. The number of aromatic nitrogens is 2. The van der Waals surface area contributed by atoms with Gasteiger partial charge in [-0.15, -0.1) is 5.10 Å². The highest BCUT2D eigenvalue weighted by Gasteiger charge is 2.27. The zero-order valence-corrected chi connectivity index (χ0v) is 17.7. The molecule has 0 saturated carbocycles. The zero-order valence-electron chi connectivity index (χ0n) is 16.8. The molecule has 2 aliphatic heterocycles. The number of nitrogens with zero attached hydrogens (tertiary/aromatic N) is 3. The maximum atomic E-state index is 12.9. The maximum absolute atomic E-state index is 12.9. The summed E-state index contributed by atoms with van der Waals surface area (Å²) in [6, 6.07) is 6.81. The highest BCUT2D eigenvalue weighted by Crippen LogP contribution is 2.32. The zero-order chi connectivity index (χ0) is 20.6. The van der Waals surface area contributed by atoms with E-state index in [9.17, 15) is 8.42 Å². The minimum atomic E-state index is -3.62. The van der Waals surface area contributed by atoms with Gasteiger partial charge < -0.3 is 14.4 Å². The molecule has 3 aliphatic rings. The lowest BCUT2D eigenvalue weighted by molar-refractivity contribution is 0.171. The quantitative estimate of drug-likeness (QED) is 0.794. The number of aryl methyl sites for hydroxylation is 2. The summed E-state index contributed by atoms with van der Waals surface area (Å²) in [5.74, 6) is 1.97. The van der Waals surface area contributed by atoms with Crippen LogP contribution in [0.5, 0.6) is 11.5 Å². The Bertz CT molecular complexity index is 1040. The Balaban J connectivity index is 1.23. The van der Waals surface area contributed by atoms with E-state index < -0.39 is 10.0 Å². The topological polar surface area (TPSA) is 93.7 Å². The second-order valence-electron chi connectivity index (χ2n) is 8.07. The Labute approximate surface area is 176 Å². The van der Waals surface area contributed by atoms with Gasteiger partial charge in [0.2, 0.25) is 10.0 Å². The molecule has 3 heterocycles. The Morgan fingerprint density at radius 1 is 0.967 bits per heavy atom. The predicted octanol–water partition coefficient (Wildman–Crippen LogP) is 2.07. The first-order valence-corrected chi connectivity index (χ1v) is 12.1. The Kier molecular flexibility index (Phi) is 5.24. The number of sulfonamides is 1. The maximum Gasteiger partial charge on any atom is 0.240 e. The van der Waals surface area contributed by atoms with Crippen molar-refractivity contribution >= 4 is 15.8 Å². The summed E-state index contributed by atoms with van der Waals surface area (Å²) in [5.41, 5.74) is 2.44. The molecule has 0 unspecified atom stereocenters. The molecule has 160 valence electrons.